The maximum absolute atomic E-state index is 12.7. The van der Waals surface area contributed by atoms with Crippen LogP contribution in [-0.4, -0.2) is 46.8 Å². The first-order valence-corrected chi connectivity index (χ1v) is 8.42. The molecule has 1 atom stereocenters. The lowest BCUT2D eigenvalue weighted by Gasteiger charge is -2.21. The molecular formula is C20H19N5O2. The van der Waals surface area contributed by atoms with E-state index >= 15 is 0 Å². The minimum atomic E-state index is -0.686. The first-order chi connectivity index (χ1) is 13.0. The molecule has 0 saturated carbocycles. The third-order valence-corrected chi connectivity index (χ3v) is 4.19. The Morgan fingerprint density at radius 3 is 2.67 bits per heavy atom. The molecule has 0 bridgehead atoms. The SMILES string of the molecule is CN(C)C(=O)[C@H](Cc1ccccc1)NC(=O)c1cc2cc(C#N)ncc2[nH]1. The molecule has 3 aromatic rings. The van der Waals surface area contributed by atoms with Gasteiger partial charge >= 0.3 is 0 Å². The molecule has 2 heterocycles. The number of nitrogens with one attached hydrogen (secondary N) is 2. The number of nitrogens with zero attached hydrogens (tertiary/aromatic N) is 3. The zero-order valence-electron chi connectivity index (χ0n) is 15.1. The van der Waals surface area contributed by atoms with Crippen LogP contribution in [0.5, 0.6) is 0 Å². The highest BCUT2D eigenvalue weighted by Crippen LogP contribution is 2.16. The molecular weight excluding hydrogens is 342 g/mol. The Labute approximate surface area is 156 Å². The van der Waals surface area contributed by atoms with Crippen LogP contribution in [0.25, 0.3) is 10.9 Å². The highest BCUT2D eigenvalue weighted by Gasteiger charge is 2.24. The van der Waals surface area contributed by atoms with Gasteiger partial charge in [0.25, 0.3) is 5.91 Å². The van der Waals surface area contributed by atoms with E-state index in [1.165, 1.54) is 11.1 Å². The van der Waals surface area contributed by atoms with Crippen LogP contribution in [0.4, 0.5) is 0 Å². The summed E-state index contributed by atoms with van der Waals surface area (Å²) in [4.78, 5) is 33.6. The first kappa shape index (κ1) is 18.1. The Morgan fingerprint density at radius 1 is 1.26 bits per heavy atom. The first-order valence-electron chi connectivity index (χ1n) is 8.42. The van der Waals surface area contributed by atoms with Gasteiger partial charge in [0.15, 0.2) is 0 Å². The maximum atomic E-state index is 12.7. The number of H-pyrrole nitrogens is 1. The molecule has 27 heavy (non-hydrogen) atoms. The highest BCUT2D eigenvalue weighted by molar-refractivity contribution is 6.00. The minimum absolute atomic E-state index is 0.184. The predicted molar refractivity (Wildman–Crippen MR) is 101 cm³/mol. The lowest BCUT2D eigenvalue weighted by Crippen LogP contribution is -2.47. The van der Waals surface area contributed by atoms with Gasteiger partial charge in [0.1, 0.15) is 23.5 Å². The number of aromatic nitrogens is 2. The van der Waals surface area contributed by atoms with E-state index in [1.807, 2.05) is 36.4 Å². The fourth-order valence-electron chi connectivity index (χ4n) is 2.81. The molecule has 1 aromatic carbocycles. The van der Waals surface area contributed by atoms with E-state index in [1.54, 1.807) is 26.2 Å². The van der Waals surface area contributed by atoms with E-state index < -0.39 is 6.04 Å². The minimum Gasteiger partial charge on any atom is -0.349 e. The van der Waals surface area contributed by atoms with Crippen molar-refractivity contribution in [1.82, 2.24) is 20.2 Å². The van der Waals surface area contributed by atoms with Gasteiger partial charge in [0.05, 0.1) is 11.7 Å². The van der Waals surface area contributed by atoms with Gasteiger partial charge < -0.3 is 15.2 Å². The van der Waals surface area contributed by atoms with Gasteiger partial charge in [0.2, 0.25) is 5.91 Å². The second-order valence-electron chi connectivity index (χ2n) is 6.40. The molecule has 2 aromatic heterocycles. The number of likely N-dealkylation sites (N-methyl/N-ethyl adjacent to an activating group) is 1. The number of rotatable bonds is 5. The Balaban J connectivity index is 1.83. The van der Waals surface area contributed by atoms with E-state index in [0.717, 1.165) is 5.56 Å². The number of benzene rings is 1. The summed E-state index contributed by atoms with van der Waals surface area (Å²) in [6.07, 6.45) is 1.90. The standard InChI is InChI=1S/C20H19N5O2/c1-25(2)20(27)17(8-13-6-4-3-5-7-13)24-19(26)16-10-14-9-15(11-21)22-12-18(14)23-16/h3-7,9-10,12,17,23H,8H2,1-2H3,(H,24,26)/t17-/m0/s1. The van der Waals surface area contributed by atoms with Crippen molar-refractivity contribution >= 4 is 22.7 Å². The summed E-state index contributed by atoms with van der Waals surface area (Å²) in [6, 6.07) is 14.1. The molecule has 0 aliphatic carbocycles. The molecule has 3 rings (SSSR count). The van der Waals surface area contributed by atoms with Crippen LogP contribution in [0.15, 0.2) is 48.7 Å². The number of hydrogen-bond acceptors (Lipinski definition) is 4. The fourth-order valence-corrected chi connectivity index (χ4v) is 2.81. The van der Waals surface area contributed by atoms with E-state index in [-0.39, 0.29) is 17.5 Å². The number of nitriles is 1. The zero-order chi connectivity index (χ0) is 19.4. The summed E-state index contributed by atoms with van der Waals surface area (Å²) in [5.74, 6) is -0.572. The van der Waals surface area contributed by atoms with Crippen molar-refractivity contribution in [3.63, 3.8) is 0 Å². The largest absolute Gasteiger partial charge is 0.349 e. The zero-order valence-corrected chi connectivity index (χ0v) is 15.1. The summed E-state index contributed by atoms with van der Waals surface area (Å²) < 4.78 is 0. The van der Waals surface area contributed by atoms with Gasteiger partial charge in [-0.3, -0.25) is 9.59 Å². The Bertz CT molecular complexity index is 1020. The summed E-state index contributed by atoms with van der Waals surface area (Å²) in [6.45, 7) is 0. The number of carbonyl (C=O) groups is 2. The van der Waals surface area contributed by atoms with Crippen LogP contribution in [0.3, 0.4) is 0 Å². The van der Waals surface area contributed by atoms with Crippen molar-refractivity contribution < 1.29 is 9.59 Å². The number of fused-ring (bicyclic) bond motifs is 1. The Morgan fingerprint density at radius 2 is 2.00 bits per heavy atom. The maximum Gasteiger partial charge on any atom is 0.268 e. The van der Waals surface area contributed by atoms with Crippen LogP contribution < -0.4 is 5.32 Å². The smallest absolute Gasteiger partial charge is 0.268 e. The fraction of sp³-hybridized carbons (Fsp3) is 0.200. The number of carbonyl (C=O) groups excluding carboxylic acids is 2. The molecule has 0 saturated heterocycles. The second-order valence-corrected chi connectivity index (χ2v) is 6.40. The van der Waals surface area contributed by atoms with Gasteiger partial charge in [-0.15, -0.1) is 0 Å². The van der Waals surface area contributed by atoms with Crippen molar-refractivity contribution in [3.05, 3.63) is 65.6 Å². The van der Waals surface area contributed by atoms with Crippen LogP contribution in [-0.2, 0) is 11.2 Å². The van der Waals surface area contributed by atoms with Gasteiger partial charge in [-0.25, -0.2) is 4.98 Å². The molecule has 0 unspecified atom stereocenters. The molecule has 0 fully saturated rings. The lowest BCUT2D eigenvalue weighted by molar-refractivity contribution is -0.130. The number of pyridine rings is 1. The van der Waals surface area contributed by atoms with Gasteiger partial charge in [-0.05, 0) is 17.7 Å². The quantitative estimate of drug-likeness (QED) is 0.724. The second kappa shape index (κ2) is 7.70. The van der Waals surface area contributed by atoms with E-state index in [4.69, 9.17) is 5.26 Å². The predicted octanol–water partition coefficient (Wildman–Crippen LogP) is 1.86. The highest BCUT2D eigenvalue weighted by atomic mass is 16.2. The Hall–Kier alpha value is -3.66. The van der Waals surface area contributed by atoms with Gasteiger partial charge in [0, 0.05) is 25.9 Å². The number of amides is 2. The number of aromatic amines is 1. The average Bonchev–Trinajstić information content (AvgIpc) is 3.10. The summed E-state index contributed by atoms with van der Waals surface area (Å²) >= 11 is 0. The summed E-state index contributed by atoms with van der Waals surface area (Å²) in [7, 11) is 3.31. The molecule has 7 nitrogen and oxygen atoms in total. The van der Waals surface area contributed by atoms with Gasteiger partial charge in [-0.1, -0.05) is 30.3 Å². The molecule has 0 aliphatic rings. The summed E-state index contributed by atoms with van der Waals surface area (Å²) in [5, 5.41) is 12.5. The van der Waals surface area contributed by atoms with Gasteiger partial charge in [-0.2, -0.15) is 5.26 Å². The van der Waals surface area contributed by atoms with E-state index in [0.29, 0.717) is 23.0 Å². The van der Waals surface area contributed by atoms with Crippen LogP contribution in [0.1, 0.15) is 21.7 Å². The third-order valence-electron chi connectivity index (χ3n) is 4.19. The van der Waals surface area contributed by atoms with E-state index in [2.05, 4.69) is 15.3 Å². The molecule has 2 N–H and O–H groups in total. The van der Waals surface area contributed by atoms with Crippen molar-refractivity contribution in [3.8, 4) is 6.07 Å². The van der Waals surface area contributed by atoms with Crippen molar-refractivity contribution in [2.24, 2.45) is 0 Å². The molecule has 0 aliphatic heterocycles. The van der Waals surface area contributed by atoms with Crippen LogP contribution in [0.2, 0.25) is 0 Å². The molecule has 0 spiro atoms. The third kappa shape index (κ3) is 4.12. The molecule has 0 radical (unpaired) electrons. The average molecular weight is 361 g/mol. The monoisotopic (exact) mass is 361 g/mol. The summed E-state index contributed by atoms with van der Waals surface area (Å²) in [5.41, 5.74) is 2.19. The number of hydrogen-bond donors (Lipinski definition) is 2. The van der Waals surface area contributed by atoms with Crippen molar-refractivity contribution in [2.75, 3.05) is 14.1 Å². The van der Waals surface area contributed by atoms with E-state index in [9.17, 15) is 9.59 Å². The lowest BCUT2D eigenvalue weighted by atomic mass is 10.0. The van der Waals surface area contributed by atoms with Crippen LogP contribution in [0, 0.1) is 11.3 Å². The molecule has 136 valence electrons. The Kier molecular flexibility index (Phi) is 5.18. The molecule has 7 heteroatoms. The normalized spacial score (nSPS) is 11.6. The van der Waals surface area contributed by atoms with Crippen LogP contribution >= 0.6 is 0 Å². The van der Waals surface area contributed by atoms with Crippen molar-refractivity contribution in [1.29, 1.82) is 5.26 Å². The topological polar surface area (TPSA) is 102 Å². The molecule has 2 amide bonds. The van der Waals surface area contributed by atoms with Crippen molar-refractivity contribution in [2.45, 2.75) is 12.5 Å².